The minimum Gasteiger partial charge on any atom is -0.103 e. The summed E-state index contributed by atoms with van der Waals surface area (Å²) in [5.41, 5.74) is 0. The zero-order chi connectivity index (χ0) is 7.11. The fraction of sp³-hybridized carbons (Fsp3) is 0.556. The predicted octanol–water partition coefficient (Wildman–Crippen LogP) is 3.16. The summed E-state index contributed by atoms with van der Waals surface area (Å²) in [5.74, 6) is 0.697. The molecule has 0 heterocycles. The van der Waals surface area contributed by atoms with Gasteiger partial charge in [0.25, 0.3) is 0 Å². The van der Waals surface area contributed by atoms with Crippen LogP contribution in [0.2, 0.25) is 0 Å². The van der Waals surface area contributed by atoms with Crippen LogP contribution in [0.5, 0.6) is 0 Å². The van der Waals surface area contributed by atoms with Crippen LogP contribution in [0, 0.1) is 5.92 Å². The van der Waals surface area contributed by atoms with Gasteiger partial charge >= 0.3 is 0 Å². The van der Waals surface area contributed by atoms with Gasteiger partial charge in [-0.3, -0.25) is 0 Å². The van der Waals surface area contributed by atoms with Crippen molar-refractivity contribution in [2.45, 2.75) is 26.2 Å². The number of rotatable bonds is 5. The average Bonchev–Trinajstić information content (AvgIpc) is 1.91. The lowest BCUT2D eigenvalue weighted by molar-refractivity contribution is 0.580. The van der Waals surface area contributed by atoms with Gasteiger partial charge in [-0.05, 0) is 25.2 Å². The van der Waals surface area contributed by atoms with Gasteiger partial charge in [0.1, 0.15) is 0 Å². The van der Waals surface area contributed by atoms with E-state index in [-0.39, 0.29) is 0 Å². The smallest absolute Gasteiger partial charge is 0.0236 e. The Balaban J connectivity index is 3.30. The van der Waals surface area contributed by atoms with Crippen molar-refractivity contribution < 1.29 is 0 Å². The number of hydrogen-bond acceptors (Lipinski definition) is 0. The Morgan fingerprint density at radius 1 is 1.44 bits per heavy atom. The monoisotopic (exact) mass is 124 g/mol. The first kappa shape index (κ1) is 8.48. The van der Waals surface area contributed by atoms with E-state index in [1.54, 1.807) is 0 Å². The third-order valence-electron chi connectivity index (χ3n) is 1.60. The van der Waals surface area contributed by atoms with Gasteiger partial charge in [-0.25, -0.2) is 0 Å². The predicted molar refractivity (Wildman–Crippen MR) is 43.4 cm³/mol. The Morgan fingerprint density at radius 3 is 2.44 bits per heavy atom. The molecule has 0 saturated heterocycles. The molecule has 0 aliphatic rings. The van der Waals surface area contributed by atoms with Crippen LogP contribution >= 0.6 is 0 Å². The lowest BCUT2D eigenvalue weighted by Crippen LogP contribution is -1.91. The summed E-state index contributed by atoms with van der Waals surface area (Å²) in [6.45, 7) is 9.61. The molecule has 0 aromatic carbocycles. The highest BCUT2D eigenvalue weighted by atomic mass is 14.0. The van der Waals surface area contributed by atoms with Crippen LogP contribution in [0.15, 0.2) is 25.3 Å². The maximum Gasteiger partial charge on any atom is -0.0236 e. The molecule has 0 amide bonds. The van der Waals surface area contributed by atoms with Crippen LogP contribution in [0.25, 0.3) is 0 Å². The summed E-state index contributed by atoms with van der Waals surface area (Å²) in [6.07, 6.45) is 7.53. The van der Waals surface area contributed by atoms with Gasteiger partial charge in [-0.1, -0.05) is 19.1 Å². The van der Waals surface area contributed by atoms with E-state index in [9.17, 15) is 0 Å². The van der Waals surface area contributed by atoms with E-state index in [1.807, 2.05) is 12.2 Å². The zero-order valence-electron chi connectivity index (χ0n) is 6.27. The SMILES string of the molecule is C=CCCC(C=C)CC. The number of allylic oxidation sites excluding steroid dienone is 2. The minimum absolute atomic E-state index is 0.697. The molecule has 9 heavy (non-hydrogen) atoms. The second kappa shape index (κ2) is 5.61. The molecular formula is C9H16. The minimum atomic E-state index is 0.697. The Bertz CT molecular complexity index is 82.0. The van der Waals surface area contributed by atoms with Crippen LogP contribution in [-0.2, 0) is 0 Å². The van der Waals surface area contributed by atoms with Crippen molar-refractivity contribution in [3.8, 4) is 0 Å². The molecule has 0 bridgehead atoms. The average molecular weight is 124 g/mol. The highest BCUT2D eigenvalue weighted by Crippen LogP contribution is 2.10. The van der Waals surface area contributed by atoms with Gasteiger partial charge in [0, 0.05) is 0 Å². The third-order valence-corrected chi connectivity index (χ3v) is 1.60. The van der Waals surface area contributed by atoms with E-state index in [0.29, 0.717) is 5.92 Å². The summed E-state index contributed by atoms with van der Waals surface area (Å²) < 4.78 is 0. The fourth-order valence-electron chi connectivity index (χ4n) is 0.821. The van der Waals surface area contributed by atoms with Gasteiger partial charge in [-0.15, -0.1) is 13.2 Å². The van der Waals surface area contributed by atoms with Crippen LogP contribution < -0.4 is 0 Å². The Morgan fingerprint density at radius 2 is 2.11 bits per heavy atom. The van der Waals surface area contributed by atoms with Crippen LogP contribution in [-0.4, -0.2) is 0 Å². The third kappa shape index (κ3) is 4.01. The van der Waals surface area contributed by atoms with Crippen molar-refractivity contribution in [2.75, 3.05) is 0 Å². The van der Waals surface area contributed by atoms with Crippen LogP contribution in [0.4, 0.5) is 0 Å². The molecule has 1 unspecified atom stereocenters. The van der Waals surface area contributed by atoms with E-state index < -0.39 is 0 Å². The van der Waals surface area contributed by atoms with E-state index >= 15 is 0 Å². The highest BCUT2D eigenvalue weighted by molar-refractivity contribution is 4.80. The second-order valence-corrected chi connectivity index (χ2v) is 2.27. The molecule has 0 aliphatic carbocycles. The maximum atomic E-state index is 3.75. The zero-order valence-corrected chi connectivity index (χ0v) is 6.27. The van der Waals surface area contributed by atoms with Gasteiger partial charge in [-0.2, -0.15) is 0 Å². The molecule has 0 N–H and O–H groups in total. The van der Waals surface area contributed by atoms with Crippen molar-refractivity contribution in [3.63, 3.8) is 0 Å². The molecule has 0 radical (unpaired) electrons. The molecule has 1 atom stereocenters. The first-order valence-electron chi connectivity index (χ1n) is 3.58. The maximum absolute atomic E-state index is 3.75. The van der Waals surface area contributed by atoms with E-state index in [1.165, 1.54) is 12.8 Å². The van der Waals surface area contributed by atoms with Crippen molar-refractivity contribution in [1.82, 2.24) is 0 Å². The molecule has 52 valence electrons. The summed E-state index contributed by atoms with van der Waals surface area (Å²) in [5, 5.41) is 0. The Kier molecular flexibility index (Phi) is 5.29. The summed E-state index contributed by atoms with van der Waals surface area (Å²) >= 11 is 0. The van der Waals surface area contributed by atoms with Crippen molar-refractivity contribution in [1.29, 1.82) is 0 Å². The van der Waals surface area contributed by atoms with E-state index in [4.69, 9.17) is 0 Å². The van der Waals surface area contributed by atoms with Crippen LogP contribution in [0.3, 0.4) is 0 Å². The van der Waals surface area contributed by atoms with E-state index in [2.05, 4.69) is 20.1 Å². The standard InChI is InChI=1S/C9H16/c1-4-7-8-9(5-2)6-3/h4-5,9H,1-2,6-8H2,3H3. The Labute approximate surface area is 58.3 Å². The quantitative estimate of drug-likeness (QED) is 0.494. The van der Waals surface area contributed by atoms with Crippen molar-refractivity contribution in [3.05, 3.63) is 25.3 Å². The first-order chi connectivity index (χ1) is 4.35. The molecule has 0 aliphatic heterocycles. The van der Waals surface area contributed by atoms with Gasteiger partial charge in [0.05, 0.1) is 0 Å². The van der Waals surface area contributed by atoms with Crippen LogP contribution in [0.1, 0.15) is 26.2 Å². The molecule has 0 aromatic heterocycles. The molecule has 0 rings (SSSR count). The van der Waals surface area contributed by atoms with Crippen molar-refractivity contribution in [2.24, 2.45) is 5.92 Å². The molecule has 0 fully saturated rings. The molecule has 0 nitrogen and oxygen atoms in total. The number of hydrogen-bond donors (Lipinski definition) is 0. The normalized spacial score (nSPS) is 12.6. The molecule has 0 saturated carbocycles. The van der Waals surface area contributed by atoms with Gasteiger partial charge in [0.2, 0.25) is 0 Å². The molecule has 0 aromatic rings. The topological polar surface area (TPSA) is 0 Å². The largest absolute Gasteiger partial charge is 0.103 e. The van der Waals surface area contributed by atoms with Crippen molar-refractivity contribution >= 4 is 0 Å². The lowest BCUT2D eigenvalue weighted by atomic mass is 10.0. The molecule has 0 heteroatoms. The summed E-state index contributed by atoms with van der Waals surface area (Å²) in [7, 11) is 0. The highest BCUT2D eigenvalue weighted by Gasteiger charge is 1.96. The first-order valence-corrected chi connectivity index (χ1v) is 3.58. The fourth-order valence-corrected chi connectivity index (χ4v) is 0.821. The van der Waals surface area contributed by atoms with Gasteiger partial charge in [0.15, 0.2) is 0 Å². The summed E-state index contributed by atoms with van der Waals surface area (Å²) in [6, 6.07) is 0. The van der Waals surface area contributed by atoms with E-state index in [0.717, 1.165) is 6.42 Å². The Hall–Kier alpha value is -0.520. The lowest BCUT2D eigenvalue weighted by Gasteiger charge is -2.05. The molecule has 0 spiro atoms. The second-order valence-electron chi connectivity index (χ2n) is 2.27. The summed E-state index contributed by atoms with van der Waals surface area (Å²) in [4.78, 5) is 0. The molecular weight excluding hydrogens is 108 g/mol. The van der Waals surface area contributed by atoms with Gasteiger partial charge < -0.3 is 0 Å².